The molecule has 0 aliphatic rings. The van der Waals surface area contributed by atoms with Crippen LogP contribution in [0.2, 0.25) is 0 Å². The molecule has 0 spiro atoms. The van der Waals surface area contributed by atoms with Crippen molar-refractivity contribution in [3.8, 4) is 0 Å². The summed E-state index contributed by atoms with van der Waals surface area (Å²) in [5, 5.41) is 0. The molecule has 0 radical (unpaired) electrons. The smallest absolute Gasteiger partial charge is 0.254 e. The number of hydrogen-bond acceptors (Lipinski definition) is 2. The number of hydrogen-bond donors (Lipinski definition) is 0. The molecule has 0 saturated heterocycles. The van der Waals surface area contributed by atoms with Crippen molar-refractivity contribution in [1.29, 1.82) is 0 Å². The van der Waals surface area contributed by atoms with Crippen LogP contribution in [0.1, 0.15) is 15.9 Å². The van der Waals surface area contributed by atoms with Crippen LogP contribution in [0.25, 0.3) is 0 Å². The summed E-state index contributed by atoms with van der Waals surface area (Å²) in [6.07, 6.45) is 1.66. The fourth-order valence-corrected chi connectivity index (χ4v) is 1.59. The lowest BCUT2D eigenvalue weighted by Crippen LogP contribution is -2.34. The van der Waals surface area contributed by atoms with Gasteiger partial charge in [-0.3, -0.25) is 4.79 Å². The molecular weight excluding hydrogens is 233 g/mol. The van der Waals surface area contributed by atoms with Crippen LogP contribution in [0, 0.1) is 12.7 Å². The first-order valence-electron chi connectivity index (χ1n) is 5.75. The van der Waals surface area contributed by atoms with Gasteiger partial charge in [-0.2, -0.15) is 0 Å². The number of halogens is 1. The molecule has 4 heteroatoms. The van der Waals surface area contributed by atoms with Crippen LogP contribution >= 0.6 is 0 Å². The van der Waals surface area contributed by atoms with Crippen LogP contribution in [-0.4, -0.2) is 37.6 Å². The first-order chi connectivity index (χ1) is 8.60. The molecule has 0 N–H and O–H groups in total. The monoisotopic (exact) mass is 251 g/mol. The summed E-state index contributed by atoms with van der Waals surface area (Å²) in [6.45, 7) is 6.64. The number of amides is 1. The van der Waals surface area contributed by atoms with Gasteiger partial charge in [0.15, 0.2) is 0 Å². The number of methoxy groups -OCH3 is 1. The topological polar surface area (TPSA) is 29.5 Å². The summed E-state index contributed by atoms with van der Waals surface area (Å²) in [5.41, 5.74) is 0.943. The second kappa shape index (κ2) is 6.91. The maximum Gasteiger partial charge on any atom is 0.254 e. The number of aryl methyl sites for hydroxylation is 1. The highest BCUT2D eigenvalue weighted by Gasteiger charge is 2.15. The molecule has 0 fully saturated rings. The van der Waals surface area contributed by atoms with E-state index in [0.29, 0.717) is 30.8 Å². The van der Waals surface area contributed by atoms with Gasteiger partial charge < -0.3 is 9.64 Å². The van der Waals surface area contributed by atoms with Gasteiger partial charge in [0.25, 0.3) is 5.91 Å². The maximum absolute atomic E-state index is 13.2. The summed E-state index contributed by atoms with van der Waals surface area (Å²) in [5.74, 6) is -0.450. The number of ether oxygens (including phenoxy) is 1. The molecule has 1 rings (SSSR count). The number of benzene rings is 1. The van der Waals surface area contributed by atoms with E-state index < -0.39 is 0 Å². The van der Waals surface area contributed by atoms with Crippen LogP contribution in [0.3, 0.4) is 0 Å². The van der Waals surface area contributed by atoms with E-state index in [1.54, 1.807) is 31.1 Å². The highest BCUT2D eigenvalue weighted by molar-refractivity contribution is 5.94. The molecule has 1 aromatic rings. The Bertz CT molecular complexity index is 432. The van der Waals surface area contributed by atoms with Gasteiger partial charge in [-0.25, -0.2) is 4.39 Å². The molecule has 0 aromatic heterocycles. The van der Waals surface area contributed by atoms with Gasteiger partial charge in [0.1, 0.15) is 5.82 Å². The number of rotatable bonds is 6. The molecule has 0 atom stereocenters. The normalized spacial score (nSPS) is 10.2. The van der Waals surface area contributed by atoms with E-state index in [0.717, 1.165) is 0 Å². The molecule has 1 amide bonds. The van der Waals surface area contributed by atoms with Crippen LogP contribution in [-0.2, 0) is 4.74 Å². The molecular formula is C14H18FNO2. The quantitative estimate of drug-likeness (QED) is 0.727. The fourth-order valence-electron chi connectivity index (χ4n) is 1.59. The summed E-state index contributed by atoms with van der Waals surface area (Å²) in [6, 6.07) is 4.36. The van der Waals surface area contributed by atoms with Crippen LogP contribution in [0.4, 0.5) is 4.39 Å². The van der Waals surface area contributed by atoms with E-state index in [1.165, 1.54) is 12.1 Å². The summed E-state index contributed by atoms with van der Waals surface area (Å²) >= 11 is 0. The van der Waals surface area contributed by atoms with E-state index in [9.17, 15) is 9.18 Å². The lowest BCUT2D eigenvalue weighted by atomic mass is 10.1. The van der Waals surface area contributed by atoms with Gasteiger partial charge in [0.05, 0.1) is 6.61 Å². The van der Waals surface area contributed by atoms with Gasteiger partial charge in [-0.15, -0.1) is 6.58 Å². The van der Waals surface area contributed by atoms with Crippen molar-refractivity contribution in [1.82, 2.24) is 4.90 Å². The van der Waals surface area contributed by atoms with Crippen LogP contribution in [0.5, 0.6) is 0 Å². The Morgan fingerprint density at radius 1 is 1.56 bits per heavy atom. The average molecular weight is 251 g/mol. The van der Waals surface area contributed by atoms with Crippen molar-refractivity contribution < 1.29 is 13.9 Å². The predicted octanol–water partition coefficient (Wildman–Crippen LogP) is 2.41. The summed E-state index contributed by atoms with van der Waals surface area (Å²) < 4.78 is 18.1. The molecule has 0 bridgehead atoms. The molecule has 0 unspecified atom stereocenters. The molecule has 98 valence electrons. The van der Waals surface area contributed by atoms with Crippen molar-refractivity contribution in [2.45, 2.75) is 6.92 Å². The average Bonchev–Trinajstić information content (AvgIpc) is 2.37. The lowest BCUT2D eigenvalue weighted by Gasteiger charge is -2.21. The molecule has 3 nitrogen and oxygen atoms in total. The number of carbonyl (C=O) groups excluding carboxylic acids is 1. The molecule has 0 aliphatic carbocycles. The Morgan fingerprint density at radius 2 is 2.28 bits per heavy atom. The zero-order valence-electron chi connectivity index (χ0n) is 10.8. The highest BCUT2D eigenvalue weighted by atomic mass is 19.1. The second-order valence-corrected chi connectivity index (χ2v) is 4.00. The van der Waals surface area contributed by atoms with Gasteiger partial charge >= 0.3 is 0 Å². The summed E-state index contributed by atoms with van der Waals surface area (Å²) in [7, 11) is 1.58. The fraction of sp³-hybridized carbons (Fsp3) is 0.357. The Balaban J connectivity index is 2.86. The first-order valence-corrected chi connectivity index (χ1v) is 5.75. The van der Waals surface area contributed by atoms with E-state index in [-0.39, 0.29) is 11.7 Å². The SMILES string of the molecule is C=CCN(CCOC)C(=O)c1ccc(F)c(C)c1. The zero-order valence-corrected chi connectivity index (χ0v) is 10.8. The Labute approximate surface area is 107 Å². The van der Waals surface area contributed by atoms with Crippen molar-refractivity contribution in [2.75, 3.05) is 26.8 Å². The zero-order chi connectivity index (χ0) is 13.5. The van der Waals surface area contributed by atoms with E-state index in [1.807, 2.05) is 0 Å². The van der Waals surface area contributed by atoms with Crippen molar-refractivity contribution in [3.63, 3.8) is 0 Å². The molecule has 0 heterocycles. The third-order valence-electron chi connectivity index (χ3n) is 2.61. The number of nitrogens with zero attached hydrogens (tertiary/aromatic N) is 1. The first kappa shape index (κ1) is 14.4. The minimum Gasteiger partial charge on any atom is -0.383 e. The van der Waals surface area contributed by atoms with E-state index >= 15 is 0 Å². The van der Waals surface area contributed by atoms with Gasteiger partial charge in [-0.1, -0.05) is 6.08 Å². The van der Waals surface area contributed by atoms with Crippen LogP contribution in [0.15, 0.2) is 30.9 Å². The Morgan fingerprint density at radius 3 is 2.83 bits per heavy atom. The second-order valence-electron chi connectivity index (χ2n) is 4.00. The molecule has 0 saturated carbocycles. The van der Waals surface area contributed by atoms with Crippen molar-refractivity contribution >= 4 is 5.91 Å². The standard InChI is InChI=1S/C14H18FNO2/c1-4-7-16(8-9-18-3)14(17)12-5-6-13(15)11(2)10-12/h4-6,10H,1,7-9H2,2-3H3. The summed E-state index contributed by atoms with van der Waals surface area (Å²) in [4.78, 5) is 13.8. The third kappa shape index (κ3) is 3.67. The Hall–Kier alpha value is -1.68. The lowest BCUT2D eigenvalue weighted by molar-refractivity contribution is 0.0718. The number of carbonyl (C=O) groups is 1. The van der Waals surface area contributed by atoms with Gasteiger partial charge in [0.2, 0.25) is 0 Å². The van der Waals surface area contributed by atoms with Crippen molar-refractivity contribution in [3.05, 3.63) is 47.8 Å². The molecule has 1 aromatic carbocycles. The van der Waals surface area contributed by atoms with Gasteiger partial charge in [-0.05, 0) is 30.7 Å². The largest absolute Gasteiger partial charge is 0.383 e. The predicted molar refractivity (Wildman–Crippen MR) is 69.1 cm³/mol. The Kier molecular flexibility index (Phi) is 5.52. The minimum atomic E-state index is -0.307. The van der Waals surface area contributed by atoms with E-state index in [2.05, 4.69) is 6.58 Å². The van der Waals surface area contributed by atoms with Crippen LogP contribution < -0.4 is 0 Å². The van der Waals surface area contributed by atoms with E-state index in [4.69, 9.17) is 4.74 Å². The van der Waals surface area contributed by atoms with Gasteiger partial charge in [0, 0.05) is 25.8 Å². The molecule has 0 aliphatic heterocycles. The molecule has 18 heavy (non-hydrogen) atoms. The highest BCUT2D eigenvalue weighted by Crippen LogP contribution is 2.11. The minimum absolute atomic E-state index is 0.143. The third-order valence-corrected chi connectivity index (χ3v) is 2.61. The maximum atomic E-state index is 13.2. The van der Waals surface area contributed by atoms with Crippen molar-refractivity contribution in [2.24, 2.45) is 0 Å².